The van der Waals surface area contributed by atoms with Gasteiger partial charge in [0.1, 0.15) is 0 Å². The number of hydrogen-bond donors (Lipinski definition) is 1. The van der Waals surface area contributed by atoms with Gasteiger partial charge in [-0.1, -0.05) is 49.8 Å². The third kappa shape index (κ3) is 4.56. The summed E-state index contributed by atoms with van der Waals surface area (Å²) in [6, 6.07) is 12.3. The number of aryl methyl sites for hydroxylation is 1. The second-order valence-corrected chi connectivity index (χ2v) is 7.54. The fourth-order valence-corrected chi connectivity index (χ4v) is 3.98. The van der Waals surface area contributed by atoms with E-state index < -0.39 is 0 Å². The number of carbonyl (C=O) groups is 1. The van der Waals surface area contributed by atoms with Gasteiger partial charge in [0.05, 0.1) is 6.61 Å². The molecule has 2 nitrogen and oxygen atoms in total. The van der Waals surface area contributed by atoms with Crippen molar-refractivity contribution in [2.45, 2.75) is 65.4 Å². The first-order valence-corrected chi connectivity index (χ1v) is 10.2. The molecule has 0 bridgehead atoms. The van der Waals surface area contributed by atoms with Gasteiger partial charge in [0, 0.05) is 5.56 Å². The maximum atomic E-state index is 11.6. The van der Waals surface area contributed by atoms with Crippen LogP contribution in [-0.2, 0) is 13.0 Å². The van der Waals surface area contributed by atoms with Crippen LogP contribution >= 0.6 is 0 Å². The average molecular weight is 363 g/mol. The van der Waals surface area contributed by atoms with Gasteiger partial charge in [-0.25, -0.2) is 0 Å². The number of carbonyl (C=O) groups excluding carboxylic acids is 1. The van der Waals surface area contributed by atoms with E-state index in [-0.39, 0.29) is 12.4 Å². The number of aliphatic hydroxyl groups is 1. The average Bonchev–Trinajstić information content (AvgIpc) is 2.72. The number of aliphatic hydroxyl groups excluding tert-OH is 1. The van der Waals surface area contributed by atoms with Crippen molar-refractivity contribution in [2.24, 2.45) is 0 Å². The minimum absolute atomic E-state index is 0.0318. The Bertz CT molecular complexity index is 828. The first kappa shape index (κ1) is 19.6. The molecule has 0 aliphatic heterocycles. The molecule has 3 rings (SSSR count). The highest BCUT2D eigenvalue weighted by atomic mass is 16.3. The third-order valence-electron chi connectivity index (χ3n) is 5.51. The zero-order valence-electron chi connectivity index (χ0n) is 16.6. The van der Waals surface area contributed by atoms with Crippen LogP contribution in [0.3, 0.4) is 0 Å². The summed E-state index contributed by atoms with van der Waals surface area (Å²) in [6.07, 6.45) is 10.5. The van der Waals surface area contributed by atoms with Crippen molar-refractivity contribution >= 4 is 11.4 Å². The van der Waals surface area contributed by atoms with E-state index in [1.807, 2.05) is 24.3 Å². The van der Waals surface area contributed by atoms with Gasteiger partial charge in [0.2, 0.25) is 0 Å². The fourth-order valence-electron chi connectivity index (χ4n) is 3.98. The number of rotatable bonds is 7. The van der Waals surface area contributed by atoms with Gasteiger partial charge in [-0.05, 0) is 84.9 Å². The summed E-state index contributed by atoms with van der Waals surface area (Å²) < 4.78 is 0. The predicted octanol–water partition coefficient (Wildman–Crippen LogP) is 6.35. The molecule has 2 aromatic carbocycles. The molecule has 142 valence electrons. The van der Waals surface area contributed by atoms with Crippen LogP contribution in [0, 0.1) is 0 Å². The van der Waals surface area contributed by atoms with E-state index in [9.17, 15) is 9.90 Å². The van der Waals surface area contributed by atoms with E-state index in [1.165, 1.54) is 29.5 Å². The summed E-state index contributed by atoms with van der Waals surface area (Å²) in [6.45, 7) is 3.83. The van der Waals surface area contributed by atoms with E-state index in [1.54, 1.807) is 6.92 Å². The van der Waals surface area contributed by atoms with E-state index in [2.05, 4.69) is 25.1 Å². The van der Waals surface area contributed by atoms with Crippen LogP contribution in [0.15, 0.2) is 42.5 Å². The van der Waals surface area contributed by atoms with Crippen molar-refractivity contribution in [1.82, 2.24) is 0 Å². The summed E-state index contributed by atoms with van der Waals surface area (Å²) >= 11 is 0. The lowest BCUT2D eigenvalue weighted by atomic mass is 9.85. The van der Waals surface area contributed by atoms with Crippen LogP contribution in [0.25, 0.3) is 16.7 Å². The Hall–Kier alpha value is -2.19. The second-order valence-electron chi connectivity index (χ2n) is 7.54. The fraction of sp³-hybridized carbons (Fsp3) is 0.400. The third-order valence-corrected chi connectivity index (χ3v) is 5.51. The molecular formula is C25H30O2. The van der Waals surface area contributed by atoms with E-state index in [0.717, 1.165) is 54.4 Å². The molecule has 0 unspecified atom stereocenters. The molecule has 0 saturated carbocycles. The topological polar surface area (TPSA) is 37.3 Å². The minimum atomic E-state index is 0.0318. The number of benzene rings is 2. The van der Waals surface area contributed by atoms with Crippen LogP contribution in [0.4, 0.5) is 0 Å². The summed E-state index contributed by atoms with van der Waals surface area (Å²) in [5.74, 6) is 0.0784. The Morgan fingerprint density at radius 2 is 1.78 bits per heavy atom. The van der Waals surface area contributed by atoms with Crippen molar-refractivity contribution < 1.29 is 9.90 Å². The van der Waals surface area contributed by atoms with Crippen molar-refractivity contribution in [2.75, 3.05) is 0 Å². The molecule has 0 radical (unpaired) electrons. The maximum absolute atomic E-state index is 11.6. The van der Waals surface area contributed by atoms with Crippen LogP contribution in [0.5, 0.6) is 0 Å². The Kier molecular flexibility index (Phi) is 6.63. The highest BCUT2D eigenvalue weighted by molar-refractivity contribution is 5.94. The summed E-state index contributed by atoms with van der Waals surface area (Å²) in [4.78, 5) is 11.6. The molecule has 1 N–H and O–H groups in total. The molecule has 27 heavy (non-hydrogen) atoms. The Morgan fingerprint density at radius 3 is 2.37 bits per heavy atom. The first-order chi connectivity index (χ1) is 13.1. The Morgan fingerprint density at radius 1 is 1.04 bits per heavy atom. The lowest BCUT2D eigenvalue weighted by Crippen LogP contribution is -2.02. The SMILES string of the molecule is CCCCc1cc(C2=CCCCC2)cc(CO)c1-c1ccc(C(C)=O)cc1. The van der Waals surface area contributed by atoms with Gasteiger partial charge < -0.3 is 5.11 Å². The minimum Gasteiger partial charge on any atom is -0.392 e. The van der Waals surface area contributed by atoms with Crippen LogP contribution < -0.4 is 0 Å². The largest absolute Gasteiger partial charge is 0.392 e. The van der Waals surface area contributed by atoms with E-state index in [4.69, 9.17) is 0 Å². The van der Waals surface area contributed by atoms with E-state index in [0.29, 0.717) is 0 Å². The molecule has 0 aromatic heterocycles. The molecule has 1 aliphatic rings. The summed E-state index contributed by atoms with van der Waals surface area (Å²) in [7, 11) is 0. The molecule has 0 atom stereocenters. The normalized spacial score (nSPS) is 14.1. The lowest BCUT2D eigenvalue weighted by Gasteiger charge is -2.20. The van der Waals surface area contributed by atoms with Gasteiger partial charge >= 0.3 is 0 Å². The number of Topliss-reactive ketones (excluding diaryl/α,β-unsaturated/α-hetero) is 1. The van der Waals surface area contributed by atoms with Crippen LogP contribution in [0.2, 0.25) is 0 Å². The predicted molar refractivity (Wildman–Crippen MR) is 113 cm³/mol. The molecule has 0 spiro atoms. The standard InChI is InChI=1S/C25H30O2/c1-3-4-8-22-15-23(20-9-6-5-7-10-20)16-24(17-26)25(22)21-13-11-19(12-14-21)18(2)27/h9,11-16,26H,3-8,10,17H2,1-2H3. The Labute approximate surface area is 162 Å². The molecule has 2 aromatic rings. The number of unbranched alkanes of at least 4 members (excludes halogenated alkanes) is 1. The highest BCUT2D eigenvalue weighted by Gasteiger charge is 2.15. The maximum Gasteiger partial charge on any atom is 0.159 e. The van der Waals surface area contributed by atoms with Crippen molar-refractivity contribution in [3.8, 4) is 11.1 Å². The monoisotopic (exact) mass is 362 g/mol. The van der Waals surface area contributed by atoms with Crippen molar-refractivity contribution in [3.63, 3.8) is 0 Å². The lowest BCUT2D eigenvalue weighted by molar-refractivity contribution is 0.101. The van der Waals surface area contributed by atoms with Gasteiger partial charge in [0.15, 0.2) is 5.78 Å². The molecule has 0 saturated heterocycles. The number of allylic oxidation sites excluding steroid dienone is 2. The second kappa shape index (κ2) is 9.14. The smallest absolute Gasteiger partial charge is 0.159 e. The molecular weight excluding hydrogens is 332 g/mol. The quantitative estimate of drug-likeness (QED) is 0.583. The van der Waals surface area contributed by atoms with Gasteiger partial charge in [-0.2, -0.15) is 0 Å². The molecule has 1 aliphatic carbocycles. The zero-order valence-corrected chi connectivity index (χ0v) is 16.6. The molecule has 0 heterocycles. The van der Waals surface area contributed by atoms with Gasteiger partial charge in [0.25, 0.3) is 0 Å². The van der Waals surface area contributed by atoms with Gasteiger partial charge in [-0.3, -0.25) is 4.79 Å². The van der Waals surface area contributed by atoms with Crippen molar-refractivity contribution in [3.05, 3.63) is 64.7 Å². The number of ketones is 1. The van der Waals surface area contributed by atoms with Crippen LogP contribution in [0.1, 0.15) is 79.4 Å². The summed E-state index contributed by atoms with van der Waals surface area (Å²) in [5, 5.41) is 10.1. The molecule has 0 amide bonds. The molecule has 0 fully saturated rings. The Balaban J connectivity index is 2.09. The van der Waals surface area contributed by atoms with Crippen LogP contribution in [-0.4, -0.2) is 10.9 Å². The molecule has 2 heteroatoms. The summed E-state index contributed by atoms with van der Waals surface area (Å²) in [5.41, 5.74) is 7.94. The van der Waals surface area contributed by atoms with Gasteiger partial charge in [-0.15, -0.1) is 0 Å². The zero-order chi connectivity index (χ0) is 19.2. The van der Waals surface area contributed by atoms with Crippen molar-refractivity contribution in [1.29, 1.82) is 0 Å². The van der Waals surface area contributed by atoms with E-state index >= 15 is 0 Å². The first-order valence-electron chi connectivity index (χ1n) is 10.2. The highest BCUT2D eigenvalue weighted by Crippen LogP contribution is 2.35. The number of hydrogen-bond acceptors (Lipinski definition) is 2.